The highest BCUT2D eigenvalue weighted by Gasteiger charge is 2.39. The van der Waals surface area contributed by atoms with Crippen molar-refractivity contribution in [1.29, 1.82) is 0 Å². The van der Waals surface area contributed by atoms with Crippen LogP contribution in [0.4, 0.5) is 5.69 Å². The van der Waals surface area contributed by atoms with Crippen molar-refractivity contribution in [3.05, 3.63) is 88.0 Å². The van der Waals surface area contributed by atoms with E-state index in [1.165, 1.54) is 0 Å². The van der Waals surface area contributed by atoms with E-state index < -0.39 is 17.8 Å². The molecule has 150 valence electrons. The van der Waals surface area contributed by atoms with Gasteiger partial charge in [-0.2, -0.15) is 0 Å². The summed E-state index contributed by atoms with van der Waals surface area (Å²) in [6.45, 7) is 3.48. The number of nitrogens with one attached hydrogen (secondary N) is 1. The summed E-state index contributed by atoms with van der Waals surface area (Å²) in [5.41, 5.74) is 7.61. The Bertz CT molecular complexity index is 999. The van der Waals surface area contributed by atoms with E-state index >= 15 is 0 Å². The first-order valence-electron chi connectivity index (χ1n) is 9.09. The Balaban J connectivity index is 2.10. The van der Waals surface area contributed by atoms with E-state index in [0.717, 1.165) is 0 Å². The number of anilines is 1. The number of hydrogen-bond donors (Lipinski definition) is 2. The molecule has 3 N–H and O–H groups in total. The van der Waals surface area contributed by atoms with Crippen LogP contribution in [0, 0.1) is 0 Å². The van der Waals surface area contributed by atoms with Crippen LogP contribution < -0.4 is 11.1 Å². The second kappa shape index (κ2) is 8.84. The minimum Gasteiger partial charge on any atom is -0.462 e. The molecule has 0 aliphatic carbocycles. The second-order valence-corrected chi connectivity index (χ2v) is 6.81. The smallest absolute Gasteiger partial charge is 0.340 e. The van der Waals surface area contributed by atoms with Gasteiger partial charge in [-0.3, -0.25) is 4.79 Å². The van der Waals surface area contributed by atoms with Gasteiger partial charge in [-0.1, -0.05) is 41.9 Å². The van der Waals surface area contributed by atoms with E-state index in [1.54, 1.807) is 50.2 Å². The van der Waals surface area contributed by atoms with Crippen LogP contribution in [0.25, 0.3) is 0 Å². The molecule has 2 aromatic rings. The lowest BCUT2D eigenvalue weighted by molar-refractivity contribution is -0.139. The Morgan fingerprint density at radius 1 is 1.14 bits per heavy atom. The van der Waals surface area contributed by atoms with Gasteiger partial charge >= 0.3 is 5.97 Å². The van der Waals surface area contributed by atoms with Gasteiger partial charge in [0, 0.05) is 10.7 Å². The van der Waals surface area contributed by atoms with Gasteiger partial charge in [0.1, 0.15) is 11.3 Å². The third kappa shape index (κ3) is 4.43. The molecule has 0 aromatic heterocycles. The molecule has 29 heavy (non-hydrogen) atoms. The van der Waals surface area contributed by atoms with Crippen LogP contribution >= 0.6 is 11.6 Å². The maximum Gasteiger partial charge on any atom is 0.340 e. The van der Waals surface area contributed by atoms with Gasteiger partial charge in [-0.05, 0) is 43.7 Å². The molecule has 3 rings (SSSR count). The molecule has 0 unspecified atom stereocenters. The highest BCUT2D eigenvalue weighted by atomic mass is 35.5. The Labute approximate surface area is 173 Å². The van der Waals surface area contributed by atoms with Gasteiger partial charge in [-0.25, -0.2) is 4.79 Å². The van der Waals surface area contributed by atoms with Crippen molar-refractivity contribution in [1.82, 2.24) is 0 Å². The maximum absolute atomic E-state index is 13.2. The summed E-state index contributed by atoms with van der Waals surface area (Å²) in [7, 11) is 0. The molecule has 1 aliphatic rings. The molecule has 1 aliphatic heterocycles. The Hall–Kier alpha value is -3.25. The van der Waals surface area contributed by atoms with E-state index in [-0.39, 0.29) is 23.6 Å². The van der Waals surface area contributed by atoms with Crippen LogP contribution in [-0.2, 0) is 19.1 Å². The summed E-state index contributed by atoms with van der Waals surface area (Å²) >= 11 is 6.17. The zero-order valence-corrected chi connectivity index (χ0v) is 16.8. The number of carbonyl (C=O) groups excluding carboxylic acids is 2. The summed E-state index contributed by atoms with van der Waals surface area (Å²) in [5, 5.41) is 3.31. The molecule has 1 heterocycles. The number of ether oxygens (including phenoxy) is 2. The summed E-state index contributed by atoms with van der Waals surface area (Å²) in [6, 6.07) is 15.9. The van der Waals surface area contributed by atoms with Gasteiger partial charge in [-0.15, -0.1) is 0 Å². The van der Waals surface area contributed by atoms with E-state index in [2.05, 4.69) is 5.32 Å². The number of esters is 1. The van der Waals surface area contributed by atoms with Crippen molar-refractivity contribution >= 4 is 29.2 Å². The fraction of sp³-hybridized carbons (Fsp3) is 0.182. The quantitative estimate of drug-likeness (QED) is 0.721. The number of benzene rings is 2. The Morgan fingerprint density at radius 3 is 2.52 bits per heavy atom. The van der Waals surface area contributed by atoms with Crippen molar-refractivity contribution < 1.29 is 19.1 Å². The Kier molecular flexibility index (Phi) is 6.24. The molecule has 0 saturated carbocycles. The minimum atomic E-state index is -0.787. The predicted octanol–water partition coefficient (Wildman–Crippen LogP) is 4.10. The third-order valence-electron chi connectivity index (χ3n) is 4.44. The third-order valence-corrected chi connectivity index (χ3v) is 4.67. The van der Waals surface area contributed by atoms with Crippen LogP contribution in [-0.4, -0.2) is 18.5 Å². The number of hydrogen-bond acceptors (Lipinski definition) is 5. The Morgan fingerprint density at radius 2 is 1.86 bits per heavy atom. The average molecular weight is 413 g/mol. The zero-order chi connectivity index (χ0) is 21.0. The van der Waals surface area contributed by atoms with E-state index in [9.17, 15) is 9.59 Å². The van der Waals surface area contributed by atoms with Crippen molar-refractivity contribution in [2.45, 2.75) is 19.8 Å². The zero-order valence-electron chi connectivity index (χ0n) is 16.1. The summed E-state index contributed by atoms with van der Waals surface area (Å²) in [5.74, 6) is -1.64. The fourth-order valence-electron chi connectivity index (χ4n) is 3.22. The molecular weight excluding hydrogens is 392 g/mol. The van der Waals surface area contributed by atoms with Gasteiger partial charge < -0.3 is 20.5 Å². The van der Waals surface area contributed by atoms with Gasteiger partial charge in [0.05, 0.1) is 18.1 Å². The topological polar surface area (TPSA) is 90.7 Å². The minimum absolute atomic E-state index is 0.0675. The largest absolute Gasteiger partial charge is 0.462 e. The summed E-state index contributed by atoms with van der Waals surface area (Å²) < 4.78 is 10.7. The highest BCUT2D eigenvalue weighted by Crippen LogP contribution is 2.41. The van der Waals surface area contributed by atoms with Crippen LogP contribution in [0.5, 0.6) is 0 Å². The number of rotatable bonds is 5. The molecule has 0 fully saturated rings. The van der Waals surface area contributed by atoms with Crippen molar-refractivity contribution in [3.63, 3.8) is 0 Å². The van der Waals surface area contributed by atoms with E-state index in [0.29, 0.717) is 22.0 Å². The standard InChI is InChI=1S/C22H21ClN2O4/c1-3-28-22(27)19-18(14-8-7-9-15(23)12-14)17(13(2)29-20(19)24)21(26)25-16-10-5-4-6-11-16/h4-12,18H,3,24H2,1-2H3,(H,25,26)/t18-/m0/s1. The van der Waals surface area contributed by atoms with Crippen LogP contribution in [0.3, 0.4) is 0 Å². The molecule has 2 aromatic carbocycles. The van der Waals surface area contributed by atoms with Crippen molar-refractivity contribution in [2.24, 2.45) is 5.73 Å². The molecule has 1 atom stereocenters. The molecule has 1 amide bonds. The first-order chi connectivity index (χ1) is 13.9. The van der Waals surface area contributed by atoms with Crippen LogP contribution in [0.15, 0.2) is 77.4 Å². The molecule has 0 spiro atoms. The molecule has 6 nitrogen and oxygen atoms in total. The lowest BCUT2D eigenvalue weighted by Crippen LogP contribution is -2.31. The highest BCUT2D eigenvalue weighted by molar-refractivity contribution is 6.30. The first kappa shape index (κ1) is 20.5. The molecule has 0 saturated heterocycles. The number of amides is 1. The van der Waals surface area contributed by atoms with Crippen LogP contribution in [0.1, 0.15) is 25.3 Å². The van der Waals surface area contributed by atoms with Gasteiger partial charge in [0.2, 0.25) is 5.88 Å². The molecular formula is C22H21ClN2O4. The van der Waals surface area contributed by atoms with Gasteiger partial charge in [0.15, 0.2) is 0 Å². The van der Waals surface area contributed by atoms with Crippen molar-refractivity contribution in [3.8, 4) is 0 Å². The second-order valence-electron chi connectivity index (χ2n) is 6.38. The lowest BCUT2D eigenvalue weighted by Gasteiger charge is -2.29. The fourth-order valence-corrected chi connectivity index (χ4v) is 3.42. The average Bonchev–Trinajstić information content (AvgIpc) is 2.68. The first-order valence-corrected chi connectivity index (χ1v) is 9.47. The number of allylic oxidation sites excluding steroid dienone is 1. The summed E-state index contributed by atoms with van der Waals surface area (Å²) in [6.07, 6.45) is 0. The van der Waals surface area contributed by atoms with Crippen molar-refractivity contribution in [2.75, 3.05) is 11.9 Å². The lowest BCUT2D eigenvalue weighted by atomic mass is 9.82. The number of nitrogens with two attached hydrogens (primary N) is 1. The van der Waals surface area contributed by atoms with E-state index in [4.69, 9.17) is 26.8 Å². The SMILES string of the molecule is CCOC(=O)C1=C(N)OC(C)=C(C(=O)Nc2ccccc2)[C@@H]1c1cccc(Cl)c1. The number of carbonyl (C=O) groups is 2. The normalized spacial score (nSPS) is 16.3. The maximum atomic E-state index is 13.2. The summed E-state index contributed by atoms with van der Waals surface area (Å²) in [4.78, 5) is 25.9. The number of halogens is 1. The molecule has 0 bridgehead atoms. The monoisotopic (exact) mass is 412 g/mol. The van der Waals surface area contributed by atoms with Crippen LogP contribution in [0.2, 0.25) is 5.02 Å². The molecule has 7 heteroatoms. The van der Waals surface area contributed by atoms with E-state index in [1.807, 2.05) is 18.2 Å². The predicted molar refractivity (Wildman–Crippen MR) is 111 cm³/mol. The van der Waals surface area contributed by atoms with Gasteiger partial charge in [0.25, 0.3) is 5.91 Å². The molecule has 0 radical (unpaired) electrons. The number of para-hydroxylation sites is 1.